The minimum atomic E-state index is -0.457. The predicted molar refractivity (Wildman–Crippen MR) is 73.9 cm³/mol. The lowest BCUT2D eigenvalue weighted by Crippen LogP contribution is -2.17. The molecular formula is C13H14N4O2. The summed E-state index contributed by atoms with van der Waals surface area (Å²) < 4.78 is 0. The molecule has 2 aromatic rings. The summed E-state index contributed by atoms with van der Waals surface area (Å²) in [5, 5.41) is 10.7. The van der Waals surface area contributed by atoms with E-state index in [0.29, 0.717) is 12.2 Å². The van der Waals surface area contributed by atoms with Crippen LogP contribution in [0.25, 0.3) is 0 Å². The molecule has 1 aromatic heterocycles. The SMILES string of the molecule is CN(Cc1cccnc1)c1ccc([N+](=O)[O-])cc1N. The van der Waals surface area contributed by atoms with E-state index < -0.39 is 4.92 Å². The van der Waals surface area contributed by atoms with Gasteiger partial charge in [0.2, 0.25) is 0 Å². The van der Waals surface area contributed by atoms with Crippen molar-refractivity contribution in [3.63, 3.8) is 0 Å². The van der Waals surface area contributed by atoms with Gasteiger partial charge in [-0.1, -0.05) is 6.07 Å². The lowest BCUT2D eigenvalue weighted by molar-refractivity contribution is -0.384. The summed E-state index contributed by atoms with van der Waals surface area (Å²) in [4.78, 5) is 16.2. The molecular weight excluding hydrogens is 244 g/mol. The molecule has 0 fully saturated rings. The van der Waals surface area contributed by atoms with Crippen molar-refractivity contribution in [2.75, 3.05) is 17.7 Å². The van der Waals surface area contributed by atoms with Gasteiger partial charge in [0.25, 0.3) is 5.69 Å². The van der Waals surface area contributed by atoms with E-state index in [1.54, 1.807) is 18.5 Å². The molecule has 6 nitrogen and oxygen atoms in total. The first-order valence-electron chi connectivity index (χ1n) is 5.72. The molecule has 0 unspecified atom stereocenters. The largest absolute Gasteiger partial charge is 0.397 e. The van der Waals surface area contributed by atoms with Crippen LogP contribution in [-0.4, -0.2) is 17.0 Å². The number of anilines is 2. The number of pyridine rings is 1. The Kier molecular flexibility index (Phi) is 3.61. The summed E-state index contributed by atoms with van der Waals surface area (Å²) in [7, 11) is 1.88. The number of nitrogens with zero attached hydrogens (tertiary/aromatic N) is 3. The minimum absolute atomic E-state index is 0.00368. The topological polar surface area (TPSA) is 85.3 Å². The number of rotatable bonds is 4. The highest BCUT2D eigenvalue weighted by Gasteiger charge is 2.11. The average Bonchev–Trinajstić information content (AvgIpc) is 2.39. The molecule has 1 heterocycles. The maximum Gasteiger partial charge on any atom is 0.271 e. The third-order valence-corrected chi connectivity index (χ3v) is 2.78. The van der Waals surface area contributed by atoms with Crippen LogP contribution in [0.3, 0.4) is 0 Å². The maximum absolute atomic E-state index is 10.7. The van der Waals surface area contributed by atoms with Crippen LogP contribution in [0.5, 0.6) is 0 Å². The van der Waals surface area contributed by atoms with Crippen LogP contribution >= 0.6 is 0 Å². The van der Waals surface area contributed by atoms with Crippen molar-refractivity contribution >= 4 is 17.1 Å². The van der Waals surface area contributed by atoms with E-state index in [2.05, 4.69) is 4.98 Å². The Morgan fingerprint density at radius 1 is 1.42 bits per heavy atom. The number of hydrogen-bond donors (Lipinski definition) is 1. The zero-order valence-corrected chi connectivity index (χ0v) is 10.5. The van der Waals surface area contributed by atoms with Crippen molar-refractivity contribution in [2.24, 2.45) is 0 Å². The fourth-order valence-electron chi connectivity index (χ4n) is 1.85. The second kappa shape index (κ2) is 5.34. The van der Waals surface area contributed by atoms with E-state index in [4.69, 9.17) is 5.73 Å². The van der Waals surface area contributed by atoms with Gasteiger partial charge in [0.15, 0.2) is 0 Å². The molecule has 0 saturated heterocycles. The van der Waals surface area contributed by atoms with Gasteiger partial charge in [0, 0.05) is 38.1 Å². The second-order valence-corrected chi connectivity index (χ2v) is 4.22. The number of nitro groups is 1. The number of aromatic nitrogens is 1. The van der Waals surface area contributed by atoms with Crippen molar-refractivity contribution in [2.45, 2.75) is 6.54 Å². The Balaban J connectivity index is 2.20. The van der Waals surface area contributed by atoms with Crippen LogP contribution in [0.2, 0.25) is 0 Å². The van der Waals surface area contributed by atoms with Crippen molar-refractivity contribution < 1.29 is 4.92 Å². The first kappa shape index (κ1) is 12.8. The van der Waals surface area contributed by atoms with Gasteiger partial charge in [-0.2, -0.15) is 0 Å². The van der Waals surface area contributed by atoms with E-state index in [9.17, 15) is 10.1 Å². The van der Waals surface area contributed by atoms with Crippen molar-refractivity contribution in [1.82, 2.24) is 4.98 Å². The molecule has 0 bridgehead atoms. The van der Waals surface area contributed by atoms with E-state index in [1.165, 1.54) is 12.1 Å². The normalized spacial score (nSPS) is 10.2. The number of nitrogens with two attached hydrogens (primary N) is 1. The third kappa shape index (κ3) is 2.98. The Morgan fingerprint density at radius 2 is 2.21 bits per heavy atom. The van der Waals surface area contributed by atoms with E-state index >= 15 is 0 Å². The van der Waals surface area contributed by atoms with Gasteiger partial charge in [-0.15, -0.1) is 0 Å². The summed E-state index contributed by atoms with van der Waals surface area (Å²) in [5.74, 6) is 0. The molecule has 0 aliphatic heterocycles. The van der Waals surface area contributed by atoms with Gasteiger partial charge in [0.1, 0.15) is 0 Å². The van der Waals surface area contributed by atoms with E-state index in [-0.39, 0.29) is 5.69 Å². The monoisotopic (exact) mass is 258 g/mol. The number of benzene rings is 1. The molecule has 2 rings (SSSR count). The van der Waals surface area contributed by atoms with Crippen molar-refractivity contribution in [1.29, 1.82) is 0 Å². The molecule has 2 N–H and O–H groups in total. The smallest absolute Gasteiger partial charge is 0.271 e. The molecule has 0 aliphatic carbocycles. The number of hydrogen-bond acceptors (Lipinski definition) is 5. The molecule has 0 aliphatic rings. The van der Waals surface area contributed by atoms with Gasteiger partial charge >= 0.3 is 0 Å². The summed E-state index contributed by atoms with van der Waals surface area (Å²) in [6.07, 6.45) is 3.49. The average molecular weight is 258 g/mol. The fraction of sp³-hybridized carbons (Fsp3) is 0.154. The van der Waals surface area contributed by atoms with Crippen molar-refractivity contribution in [3.05, 3.63) is 58.4 Å². The highest BCUT2D eigenvalue weighted by molar-refractivity contribution is 5.70. The molecule has 19 heavy (non-hydrogen) atoms. The Morgan fingerprint density at radius 3 is 2.79 bits per heavy atom. The van der Waals surface area contributed by atoms with Gasteiger partial charge in [-0.25, -0.2) is 0 Å². The molecule has 98 valence electrons. The zero-order valence-electron chi connectivity index (χ0n) is 10.5. The van der Waals surface area contributed by atoms with Crippen LogP contribution in [0, 0.1) is 10.1 Å². The summed E-state index contributed by atoms with van der Waals surface area (Å²) in [6, 6.07) is 8.30. The van der Waals surface area contributed by atoms with Gasteiger partial charge in [0.05, 0.1) is 16.3 Å². The predicted octanol–water partition coefficient (Wildman–Crippen LogP) is 2.21. The van der Waals surface area contributed by atoms with Crippen LogP contribution < -0.4 is 10.6 Å². The van der Waals surface area contributed by atoms with Gasteiger partial charge in [-0.05, 0) is 17.7 Å². The highest BCUT2D eigenvalue weighted by Crippen LogP contribution is 2.27. The lowest BCUT2D eigenvalue weighted by Gasteiger charge is -2.20. The van der Waals surface area contributed by atoms with Crippen LogP contribution in [-0.2, 0) is 6.54 Å². The van der Waals surface area contributed by atoms with Gasteiger partial charge < -0.3 is 10.6 Å². The zero-order chi connectivity index (χ0) is 13.8. The second-order valence-electron chi connectivity index (χ2n) is 4.22. The quantitative estimate of drug-likeness (QED) is 0.516. The van der Waals surface area contributed by atoms with Crippen LogP contribution in [0.4, 0.5) is 17.1 Å². The third-order valence-electron chi connectivity index (χ3n) is 2.78. The Bertz CT molecular complexity index is 586. The number of non-ortho nitro benzene ring substituents is 1. The van der Waals surface area contributed by atoms with Crippen LogP contribution in [0.1, 0.15) is 5.56 Å². The molecule has 1 aromatic carbocycles. The summed E-state index contributed by atoms with van der Waals surface area (Å²) >= 11 is 0. The Labute approximate surface area is 110 Å². The first-order valence-corrected chi connectivity index (χ1v) is 5.72. The first-order chi connectivity index (χ1) is 9.08. The fourth-order valence-corrected chi connectivity index (χ4v) is 1.85. The maximum atomic E-state index is 10.7. The minimum Gasteiger partial charge on any atom is -0.397 e. The lowest BCUT2D eigenvalue weighted by atomic mass is 10.2. The molecule has 0 radical (unpaired) electrons. The van der Waals surface area contributed by atoms with E-state index in [0.717, 1.165) is 11.3 Å². The molecule has 6 heteroatoms. The standard InChI is InChI=1S/C13H14N4O2/c1-16(9-10-3-2-6-15-8-10)13-5-4-11(17(18)19)7-12(13)14/h2-8H,9,14H2,1H3. The summed E-state index contributed by atoms with van der Waals surface area (Å²) in [6.45, 7) is 0.635. The van der Waals surface area contributed by atoms with Gasteiger partial charge in [-0.3, -0.25) is 15.1 Å². The molecule has 0 spiro atoms. The molecule has 0 saturated carbocycles. The Hall–Kier alpha value is -2.63. The number of nitro benzene ring substituents is 1. The van der Waals surface area contributed by atoms with Crippen LogP contribution in [0.15, 0.2) is 42.7 Å². The molecule has 0 atom stereocenters. The molecule has 0 amide bonds. The summed E-state index contributed by atoms with van der Waals surface area (Å²) in [5.41, 5.74) is 8.04. The highest BCUT2D eigenvalue weighted by atomic mass is 16.6. The number of nitrogen functional groups attached to an aromatic ring is 1. The van der Waals surface area contributed by atoms with E-state index in [1.807, 2.05) is 24.1 Å². The van der Waals surface area contributed by atoms with Crippen molar-refractivity contribution in [3.8, 4) is 0 Å².